The fourth-order valence-corrected chi connectivity index (χ4v) is 2.26. The molecule has 2 aromatic carbocycles. The zero-order valence-electron chi connectivity index (χ0n) is 12.2. The van der Waals surface area contributed by atoms with Crippen molar-refractivity contribution >= 4 is 16.7 Å². The summed E-state index contributed by atoms with van der Waals surface area (Å²) in [4.78, 5) is 8.58. The van der Waals surface area contributed by atoms with Crippen molar-refractivity contribution in [1.82, 2.24) is 9.97 Å². The minimum Gasteiger partial charge on any atom is -0.497 e. The van der Waals surface area contributed by atoms with Gasteiger partial charge < -0.3 is 10.1 Å². The minimum atomic E-state index is 0.642. The van der Waals surface area contributed by atoms with Gasteiger partial charge in [0.2, 0.25) is 0 Å². The number of ether oxygens (including phenoxy) is 1. The lowest BCUT2D eigenvalue weighted by atomic mass is 10.1. The molecule has 0 atom stereocenters. The van der Waals surface area contributed by atoms with Crippen molar-refractivity contribution in [3.05, 3.63) is 59.9 Å². The Hall–Kier alpha value is -3.06. The molecule has 0 aliphatic rings. The molecule has 1 aromatic heterocycles. The molecule has 0 fully saturated rings. The van der Waals surface area contributed by atoms with Gasteiger partial charge in [-0.05, 0) is 35.9 Å². The largest absolute Gasteiger partial charge is 0.497 e. The Kier molecular flexibility index (Phi) is 3.88. The zero-order valence-corrected chi connectivity index (χ0v) is 12.2. The maximum Gasteiger partial charge on any atom is 0.137 e. The van der Waals surface area contributed by atoms with E-state index in [1.54, 1.807) is 13.4 Å². The van der Waals surface area contributed by atoms with Gasteiger partial charge in [-0.2, -0.15) is 0 Å². The van der Waals surface area contributed by atoms with Crippen molar-refractivity contribution < 1.29 is 4.74 Å². The van der Waals surface area contributed by atoms with E-state index < -0.39 is 0 Å². The molecule has 0 spiro atoms. The summed E-state index contributed by atoms with van der Waals surface area (Å²) >= 11 is 0. The number of hydrogen-bond acceptors (Lipinski definition) is 4. The molecule has 1 N–H and O–H groups in total. The number of hydrogen-bond donors (Lipinski definition) is 1. The maximum atomic E-state index is 5.46. The smallest absolute Gasteiger partial charge is 0.137 e. The number of aromatic nitrogens is 2. The number of anilines is 1. The quantitative estimate of drug-likeness (QED) is 0.749. The van der Waals surface area contributed by atoms with Crippen LogP contribution < -0.4 is 10.1 Å². The molecule has 0 saturated heterocycles. The van der Waals surface area contributed by atoms with Crippen molar-refractivity contribution in [1.29, 1.82) is 0 Å². The molecule has 0 bridgehead atoms. The SMILES string of the molecule is C#Cc1ccc2ncnc(NCc3cccc(OC)c3)c2c1. The lowest BCUT2D eigenvalue weighted by molar-refractivity contribution is 0.414. The Labute approximate surface area is 129 Å². The highest BCUT2D eigenvalue weighted by Crippen LogP contribution is 2.21. The van der Waals surface area contributed by atoms with E-state index in [2.05, 4.69) is 21.2 Å². The molecule has 4 heteroatoms. The van der Waals surface area contributed by atoms with Crippen LogP contribution in [0.15, 0.2) is 48.8 Å². The molecule has 3 rings (SSSR count). The number of terminal acetylenes is 1. The van der Waals surface area contributed by atoms with Gasteiger partial charge in [-0.15, -0.1) is 6.42 Å². The van der Waals surface area contributed by atoms with Crippen LogP contribution in [0.2, 0.25) is 0 Å². The van der Waals surface area contributed by atoms with Gasteiger partial charge >= 0.3 is 0 Å². The highest BCUT2D eigenvalue weighted by molar-refractivity contribution is 5.89. The first-order chi connectivity index (χ1) is 10.8. The predicted octanol–water partition coefficient (Wildman–Crippen LogP) is 3.23. The van der Waals surface area contributed by atoms with Crippen LogP contribution in [0.3, 0.4) is 0 Å². The van der Waals surface area contributed by atoms with Gasteiger partial charge in [-0.25, -0.2) is 9.97 Å². The van der Waals surface area contributed by atoms with Gasteiger partial charge in [0.05, 0.1) is 12.6 Å². The molecule has 0 radical (unpaired) electrons. The van der Waals surface area contributed by atoms with Gasteiger partial charge in [0, 0.05) is 17.5 Å². The molecule has 0 aliphatic carbocycles. The van der Waals surface area contributed by atoms with Crippen LogP contribution in [0.1, 0.15) is 11.1 Å². The van der Waals surface area contributed by atoms with Crippen molar-refractivity contribution in [2.45, 2.75) is 6.54 Å². The van der Waals surface area contributed by atoms with Crippen molar-refractivity contribution in [3.8, 4) is 18.1 Å². The van der Waals surface area contributed by atoms with Crippen LogP contribution in [0.25, 0.3) is 10.9 Å². The summed E-state index contributed by atoms with van der Waals surface area (Å²) in [5.74, 6) is 4.24. The second kappa shape index (κ2) is 6.15. The van der Waals surface area contributed by atoms with Crippen LogP contribution in [0.4, 0.5) is 5.82 Å². The standard InChI is InChI=1S/C18H15N3O/c1-3-13-7-8-17-16(10-13)18(21-12-20-17)19-11-14-5-4-6-15(9-14)22-2/h1,4-10,12H,11H2,2H3,(H,19,20,21). The molecule has 22 heavy (non-hydrogen) atoms. The highest BCUT2D eigenvalue weighted by Gasteiger charge is 2.04. The van der Waals surface area contributed by atoms with Gasteiger partial charge in [0.25, 0.3) is 0 Å². The second-order valence-electron chi connectivity index (χ2n) is 4.80. The van der Waals surface area contributed by atoms with E-state index in [1.165, 1.54) is 0 Å². The summed E-state index contributed by atoms with van der Waals surface area (Å²) in [6.45, 7) is 0.642. The molecule has 0 aliphatic heterocycles. The number of nitrogens with one attached hydrogen (secondary N) is 1. The number of methoxy groups -OCH3 is 1. The van der Waals surface area contributed by atoms with E-state index in [1.807, 2.05) is 42.5 Å². The van der Waals surface area contributed by atoms with E-state index in [0.29, 0.717) is 6.54 Å². The third-order valence-electron chi connectivity index (χ3n) is 3.40. The Morgan fingerprint density at radius 2 is 2.09 bits per heavy atom. The lowest BCUT2D eigenvalue weighted by Crippen LogP contribution is -2.03. The maximum absolute atomic E-state index is 5.46. The predicted molar refractivity (Wildman–Crippen MR) is 87.8 cm³/mol. The summed E-state index contributed by atoms with van der Waals surface area (Å²) in [5.41, 5.74) is 2.79. The molecule has 0 saturated carbocycles. The number of benzene rings is 2. The number of fused-ring (bicyclic) bond motifs is 1. The third-order valence-corrected chi connectivity index (χ3v) is 3.40. The first kappa shape index (κ1) is 13.9. The fourth-order valence-electron chi connectivity index (χ4n) is 2.26. The first-order valence-electron chi connectivity index (χ1n) is 6.88. The minimum absolute atomic E-state index is 0.642. The van der Waals surface area contributed by atoms with E-state index in [-0.39, 0.29) is 0 Å². The van der Waals surface area contributed by atoms with E-state index in [4.69, 9.17) is 11.2 Å². The van der Waals surface area contributed by atoms with Gasteiger partial charge in [-0.3, -0.25) is 0 Å². The van der Waals surface area contributed by atoms with Crippen molar-refractivity contribution in [2.75, 3.05) is 12.4 Å². The Bertz CT molecular complexity index is 852. The monoisotopic (exact) mass is 289 g/mol. The highest BCUT2D eigenvalue weighted by atomic mass is 16.5. The second-order valence-corrected chi connectivity index (χ2v) is 4.80. The molecule has 3 aromatic rings. The fraction of sp³-hybridized carbons (Fsp3) is 0.111. The van der Waals surface area contributed by atoms with Crippen LogP contribution in [-0.2, 0) is 6.54 Å². The topological polar surface area (TPSA) is 47.0 Å². The molecule has 108 valence electrons. The lowest BCUT2D eigenvalue weighted by Gasteiger charge is -2.09. The van der Waals surface area contributed by atoms with Crippen LogP contribution in [0, 0.1) is 12.3 Å². The van der Waals surface area contributed by atoms with Crippen molar-refractivity contribution in [3.63, 3.8) is 0 Å². The molecule has 1 heterocycles. The molecule has 0 unspecified atom stereocenters. The number of nitrogens with zero attached hydrogens (tertiary/aromatic N) is 2. The average molecular weight is 289 g/mol. The van der Waals surface area contributed by atoms with Crippen LogP contribution in [-0.4, -0.2) is 17.1 Å². The average Bonchev–Trinajstić information content (AvgIpc) is 2.59. The van der Waals surface area contributed by atoms with Gasteiger partial charge in [0.1, 0.15) is 17.9 Å². The summed E-state index contributed by atoms with van der Waals surface area (Å²) in [7, 11) is 1.66. The zero-order chi connectivity index (χ0) is 15.4. The van der Waals surface area contributed by atoms with E-state index >= 15 is 0 Å². The first-order valence-corrected chi connectivity index (χ1v) is 6.88. The normalized spacial score (nSPS) is 10.2. The molecular weight excluding hydrogens is 274 g/mol. The Morgan fingerprint density at radius 3 is 2.91 bits per heavy atom. The summed E-state index contributed by atoms with van der Waals surface area (Å²) in [5, 5.41) is 4.25. The van der Waals surface area contributed by atoms with E-state index in [0.717, 1.165) is 33.6 Å². The molecule has 4 nitrogen and oxygen atoms in total. The summed E-state index contributed by atoms with van der Waals surface area (Å²) in [6, 6.07) is 13.6. The summed E-state index contributed by atoms with van der Waals surface area (Å²) in [6.07, 6.45) is 7.01. The van der Waals surface area contributed by atoms with Gasteiger partial charge in [0.15, 0.2) is 0 Å². The molecular formula is C18H15N3O. The number of rotatable bonds is 4. The Balaban J connectivity index is 1.88. The van der Waals surface area contributed by atoms with E-state index in [9.17, 15) is 0 Å². The van der Waals surface area contributed by atoms with Crippen LogP contribution >= 0.6 is 0 Å². The van der Waals surface area contributed by atoms with Crippen molar-refractivity contribution in [2.24, 2.45) is 0 Å². The molecule has 0 amide bonds. The summed E-state index contributed by atoms with van der Waals surface area (Å²) < 4.78 is 5.23. The third kappa shape index (κ3) is 2.84. The van der Waals surface area contributed by atoms with Gasteiger partial charge in [-0.1, -0.05) is 18.1 Å². The van der Waals surface area contributed by atoms with Crippen LogP contribution in [0.5, 0.6) is 5.75 Å². The Morgan fingerprint density at radius 1 is 1.18 bits per heavy atom.